The quantitative estimate of drug-likeness (QED) is 0.687. The number of aryl methyl sites for hydroxylation is 1. The molecule has 0 saturated carbocycles. The molecule has 96 valence electrons. The van der Waals surface area contributed by atoms with E-state index in [4.69, 9.17) is 0 Å². The van der Waals surface area contributed by atoms with Crippen LogP contribution in [0.4, 0.5) is 0 Å². The summed E-state index contributed by atoms with van der Waals surface area (Å²) >= 11 is 0. The SMILES string of the molecule is CCn1cnnc1CNC1CS(=O)(=O)CC1O. The zero-order chi connectivity index (χ0) is 12.5. The number of aliphatic hydroxyl groups is 1. The molecule has 2 atom stereocenters. The summed E-state index contributed by atoms with van der Waals surface area (Å²) in [5.74, 6) is 0.559. The lowest BCUT2D eigenvalue weighted by atomic mass is 10.2. The Hall–Kier alpha value is -0.990. The van der Waals surface area contributed by atoms with Gasteiger partial charge in [-0.25, -0.2) is 8.42 Å². The largest absolute Gasteiger partial charge is 0.390 e. The highest BCUT2D eigenvalue weighted by Gasteiger charge is 2.36. The molecule has 2 N–H and O–H groups in total. The van der Waals surface area contributed by atoms with Crippen LogP contribution in [-0.4, -0.2) is 51.9 Å². The molecule has 0 amide bonds. The predicted molar refractivity (Wildman–Crippen MR) is 61.0 cm³/mol. The first-order valence-corrected chi connectivity index (χ1v) is 7.32. The Morgan fingerprint density at radius 1 is 1.59 bits per heavy atom. The fourth-order valence-electron chi connectivity index (χ4n) is 1.93. The maximum Gasteiger partial charge on any atom is 0.154 e. The molecule has 0 spiro atoms. The summed E-state index contributed by atoms with van der Waals surface area (Å²) in [5.41, 5.74) is 0. The Labute approximate surface area is 99.8 Å². The molecule has 1 aliphatic heterocycles. The van der Waals surface area contributed by atoms with Crippen molar-refractivity contribution in [3.8, 4) is 0 Å². The van der Waals surface area contributed by atoms with E-state index in [1.54, 1.807) is 6.33 Å². The molecule has 17 heavy (non-hydrogen) atoms. The van der Waals surface area contributed by atoms with Crippen LogP contribution in [0.3, 0.4) is 0 Å². The van der Waals surface area contributed by atoms with E-state index in [0.717, 1.165) is 12.4 Å². The number of nitrogens with zero attached hydrogens (tertiary/aromatic N) is 3. The highest BCUT2D eigenvalue weighted by Crippen LogP contribution is 2.12. The smallest absolute Gasteiger partial charge is 0.154 e. The maximum absolute atomic E-state index is 11.3. The minimum absolute atomic E-state index is 0.0194. The molecule has 0 radical (unpaired) electrons. The number of hydrogen-bond donors (Lipinski definition) is 2. The second-order valence-corrected chi connectivity index (χ2v) is 6.32. The average Bonchev–Trinajstić information content (AvgIpc) is 2.79. The third-order valence-electron chi connectivity index (χ3n) is 2.88. The first-order valence-electron chi connectivity index (χ1n) is 5.50. The first kappa shape index (κ1) is 12.5. The Bertz CT molecular complexity index is 484. The van der Waals surface area contributed by atoms with Gasteiger partial charge in [-0.05, 0) is 6.92 Å². The third-order valence-corrected chi connectivity index (χ3v) is 4.60. The number of aliphatic hydroxyl groups excluding tert-OH is 1. The zero-order valence-corrected chi connectivity index (χ0v) is 10.4. The molecule has 8 heteroatoms. The summed E-state index contributed by atoms with van der Waals surface area (Å²) in [5, 5.41) is 20.3. The predicted octanol–water partition coefficient (Wildman–Crippen LogP) is -1.45. The van der Waals surface area contributed by atoms with E-state index in [-0.39, 0.29) is 11.5 Å². The van der Waals surface area contributed by atoms with Crippen molar-refractivity contribution in [3.63, 3.8) is 0 Å². The number of rotatable bonds is 4. The van der Waals surface area contributed by atoms with Crippen molar-refractivity contribution in [1.82, 2.24) is 20.1 Å². The van der Waals surface area contributed by atoms with Crippen LogP contribution in [0.1, 0.15) is 12.7 Å². The second-order valence-electron chi connectivity index (χ2n) is 4.16. The minimum atomic E-state index is -3.11. The average molecular weight is 260 g/mol. The van der Waals surface area contributed by atoms with E-state index in [2.05, 4.69) is 15.5 Å². The van der Waals surface area contributed by atoms with Crippen molar-refractivity contribution >= 4 is 9.84 Å². The molecule has 2 heterocycles. The fraction of sp³-hybridized carbons (Fsp3) is 0.778. The van der Waals surface area contributed by atoms with Crippen molar-refractivity contribution in [2.75, 3.05) is 11.5 Å². The Morgan fingerprint density at radius 2 is 2.35 bits per heavy atom. The summed E-state index contributed by atoms with van der Waals surface area (Å²) in [4.78, 5) is 0. The molecule has 1 aromatic rings. The molecule has 1 saturated heterocycles. The summed E-state index contributed by atoms with van der Waals surface area (Å²) in [6.07, 6.45) is 0.789. The van der Waals surface area contributed by atoms with Crippen LogP contribution in [0.25, 0.3) is 0 Å². The number of hydrogen-bond acceptors (Lipinski definition) is 6. The highest BCUT2D eigenvalue weighted by atomic mass is 32.2. The molecule has 1 aromatic heterocycles. The molecule has 2 unspecified atom stereocenters. The molecule has 0 aromatic carbocycles. The number of sulfone groups is 1. The van der Waals surface area contributed by atoms with Crippen LogP contribution in [-0.2, 0) is 22.9 Å². The third kappa shape index (κ3) is 2.82. The van der Waals surface area contributed by atoms with Gasteiger partial charge in [-0.3, -0.25) is 0 Å². The second kappa shape index (κ2) is 4.71. The summed E-state index contributed by atoms with van der Waals surface area (Å²) in [6.45, 7) is 3.14. The molecule has 2 rings (SSSR count). The zero-order valence-electron chi connectivity index (χ0n) is 9.57. The lowest BCUT2D eigenvalue weighted by molar-refractivity contribution is 0.165. The highest BCUT2D eigenvalue weighted by molar-refractivity contribution is 7.91. The molecule has 0 bridgehead atoms. The van der Waals surface area contributed by atoms with E-state index in [1.165, 1.54) is 0 Å². The number of aromatic nitrogens is 3. The molecule has 7 nitrogen and oxygen atoms in total. The van der Waals surface area contributed by atoms with Crippen molar-refractivity contribution in [2.45, 2.75) is 32.2 Å². The maximum atomic E-state index is 11.3. The Kier molecular flexibility index (Phi) is 3.45. The van der Waals surface area contributed by atoms with Crippen LogP contribution in [0.15, 0.2) is 6.33 Å². The van der Waals surface area contributed by atoms with Crippen LogP contribution in [0.2, 0.25) is 0 Å². The minimum Gasteiger partial charge on any atom is -0.390 e. The molecule has 0 aliphatic carbocycles. The monoisotopic (exact) mass is 260 g/mol. The van der Waals surface area contributed by atoms with Gasteiger partial charge in [0, 0.05) is 12.6 Å². The van der Waals surface area contributed by atoms with Crippen molar-refractivity contribution in [3.05, 3.63) is 12.2 Å². The molecular weight excluding hydrogens is 244 g/mol. The van der Waals surface area contributed by atoms with Gasteiger partial charge in [0.25, 0.3) is 0 Å². The Balaban J connectivity index is 1.95. The van der Waals surface area contributed by atoms with Gasteiger partial charge in [0.2, 0.25) is 0 Å². The van der Waals surface area contributed by atoms with Gasteiger partial charge in [0.05, 0.1) is 24.2 Å². The van der Waals surface area contributed by atoms with Gasteiger partial charge in [0.15, 0.2) is 9.84 Å². The standard InChI is InChI=1S/C9H16N4O3S/c1-2-13-6-11-12-9(13)3-10-7-4-17(15,16)5-8(7)14/h6-8,10,14H,2-5H2,1H3. The van der Waals surface area contributed by atoms with Crippen molar-refractivity contribution < 1.29 is 13.5 Å². The van der Waals surface area contributed by atoms with Crippen LogP contribution in [0, 0.1) is 0 Å². The molecular formula is C9H16N4O3S. The van der Waals surface area contributed by atoms with E-state index in [0.29, 0.717) is 6.54 Å². The number of nitrogens with one attached hydrogen (secondary N) is 1. The fourth-order valence-corrected chi connectivity index (χ4v) is 3.70. The lowest BCUT2D eigenvalue weighted by Crippen LogP contribution is -2.38. The van der Waals surface area contributed by atoms with Gasteiger partial charge in [-0.1, -0.05) is 0 Å². The summed E-state index contributed by atoms with van der Waals surface area (Å²) in [6, 6.07) is -0.415. The molecule has 1 aliphatic rings. The normalized spacial score (nSPS) is 27.4. The summed E-state index contributed by atoms with van der Waals surface area (Å²) in [7, 11) is -3.11. The van der Waals surface area contributed by atoms with Gasteiger partial charge >= 0.3 is 0 Å². The molecule has 1 fully saturated rings. The summed E-state index contributed by atoms with van der Waals surface area (Å²) < 4.78 is 24.5. The van der Waals surface area contributed by atoms with Crippen molar-refractivity contribution in [1.29, 1.82) is 0 Å². The van der Waals surface area contributed by atoms with Crippen molar-refractivity contribution in [2.24, 2.45) is 0 Å². The van der Waals surface area contributed by atoms with Crippen LogP contribution >= 0.6 is 0 Å². The van der Waals surface area contributed by atoms with Gasteiger partial charge < -0.3 is 15.0 Å². The van der Waals surface area contributed by atoms with Gasteiger partial charge in [0.1, 0.15) is 12.2 Å². The topological polar surface area (TPSA) is 97.1 Å². The van der Waals surface area contributed by atoms with E-state index in [9.17, 15) is 13.5 Å². The van der Waals surface area contributed by atoms with Crippen LogP contribution in [0.5, 0.6) is 0 Å². The van der Waals surface area contributed by atoms with Gasteiger partial charge in [-0.15, -0.1) is 10.2 Å². The van der Waals surface area contributed by atoms with E-state index >= 15 is 0 Å². The first-order chi connectivity index (χ1) is 8.02. The van der Waals surface area contributed by atoms with Crippen LogP contribution < -0.4 is 5.32 Å². The van der Waals surface area contributed by atoms with Gasteiger partial charge in [-0.2, -0.15) is 0 Å². The van der Waals surface area contributed by atoms with E-state index in [1.807, 2.05) is 11.5 Å². The van der Waals surface area contributed by atoms with E-state index < -0.39 is 22.0 Å². The lowest BCUT2D eigenvalue weighted by Gasteiger charge is -2.14. The Morgan fingerprint density at radius 3 is 2.94 bits per heavy atom.